The van der Waals surface area contributed by atoms with Crippen molar-refractivity contribution in [3.63, 3.8) is 0 Å². The molecule has 2 heterocycles. The van der Waals surface area contributed by atoms with Gasteiger partial charge in [-0.15, -0.1) is 5.10 Å². The van der Waals surface area contributed by atoms with Gasteiger partial charge in [0.1, 0.15) is 0 Å². The van der Waals surface area contributed by atoms with E-state index in [1.54, 1.807) is 25.3 Å². The molecule has 6 heteroatoms. The molecule has 0 bridgehead atoms. The lowest BCUT2D eigenvalue weighted by Gasteiger charge is -1.99. The Hall–Kier alpha value is -2.24. The summed E-state index contributed by atoms with van der Waals surface area (Å²) in [5.41, 5.74) is 0.700. The largest absolute Gasteiger partial charge is 0.476 e. The summed E-state index contributed by atoms with van der Waals surface area (Å²) in [7, 11) is 0. The molecule has 0 unspecified atom stereocenters. The van der Waals surface area contributed by atoms with Gasteiger partial charge in [-0.1, -0.05) is 0 Å². The SMILES string of the molecule is Cc1cc(C(=O)O)nn1-c1cccnn1. The molecule has 76 valence electrons. The monoisotopic (exact) mass is 204 g/mol. The van der Waals surface area contributed by atoms with Crippen LogP contribution in [0.15, 0.2) is 24.4 Å². The second-order valence-corrected chi connectivity index (χ2v) is 2.97. The Morgan fingerprint density at radius 2 is 2.33 bits per heavy atom. The maximum absolute atomic E-state index is 10.7. The Bertz CT molecular complexity index is 492. The molecule has 0 atom stereocenters. The topological polar surface area (TPSA) is 80.9 Å². The third-order valence-electron chi connectivity index (χ3n) is 1.88. The van der Waals surface area contributed by atoms with Crippen molar-refractivity contribution in [2.75, 3.05) is 0 Å². The van der Waals surface area contributed by atoms with Crippen molar-refractivity contribution in [1.82, 2.24) is 20.0 Å². The molecule has 2 rings (SSSR count). The van der Waals surface area contributed by atoms with Gasteiger partial charge in [-0.2, -0.15) is 10.2 Å². The fourth-order valence-electron chi connectivity index (χ4n) is 1.22. The molecule has 6 nitrogen and oxygen atoms in total. The van der Waals surface area contributed by atoms with Crippen LogP contribution < -0.4 is 0 Å². The van der Waals surface area contributed by atoms with E-state index in [0.717, 1.165) is 0 Å². The Morgan fingerprint density at radius 3 is 2.87 bits per heavy atom. The van der Waals surface area contributed by atoms with Crippen LogP contribution in [0.1, 0.15) is 16.2 Å². The fourth-order valence-corrected chi connectivity index (χ4v) is 1.22. The van der Waals surface area contributed by atoms with Crippen molar-refractivity contribution in [3.8, 4) is 5.82 Å². The molecule has 0 aromatic carbocycles. The number of hydrogen-bond donors (Lipinski definition) is 1. The lowest BCUT2D eigenvalue weighted by atomic mass is 10.4. The lowest BCUT2D eigenvalue weighted by molar-refractivity contribution is 0.0690. The average Bonchev–Trinajstić information content (AvgIpc) is 2.62. The van der Waals surface area contributed by atoms with Crippen LogP contribution in [0.5, 0.6) is 0 Å². The minimum atomic E-state index is -1.05. The van der Waals surface area contributed by atoms with E-state index in [1.807, 2.05) is 0 Å². The molecule has 0 aliphatic carbocycles. The van der Waals surface area contributed by atoms with E-state index in [-0.39, 0.29) is 5.69 Å². The van der Waals surface area contributed by atoms with E-state index >= 15 is 0 Å². The highest BCUT2D eigenvalue weighted by atomic mass is 16.4. The maximum Gasteiger partial charge on any atom is 0.356 e. The van der Waals surface area contributed by atoms with E-state index < -0.39 is 5.97 Å². The van der Waals surface area contributed by atoms with E-state index in [4.69, 9.17) is 5.11 Å². The van der Waals surface area contributed by atoms with Gasteiger partial charge in [0, 0.05) is 11.9 Å². The molecule has 0 fully saturated rings. The first-order chi connectivity index (χ1) is 7.18. The van der Waals surface area contributed by atoms with Crippen LogP contribution in [0.4, 0.5) is 0 Å². The molecule has 0 saturated heterocycles. The number of hydrogen-bond acceptors (Lipinski definition) is 4. The van der Waals surface area contributed by atoms with Crippen LogP contribution in [0, 0.1) is 6.92 Å². The highest BCUT2D eigenvalue weighted by Gasteiger charge is 2.11. The van der Waals surface area contributed by atoms with E-state index in [9.17, 15) is 4.79 Å². The van der Waals surface area contributed by atoms with Crippen molar-refractivity contribution in [1.29, 1.82) is 0 Å². The predicted molar refractivity (Wildman–Crippen MR) is 50.9 cm³/mol. The Labute approximate surface area is 85.2 Å². The molecule has 0 amide bonds. The minimum absolute atomic E-state index is 0.00171. The first kappa shape index (κ1) is 9.32. The number of carboxylic acid groups (broad SMARTS) is 1. The second-order valence-electron chi connectivity index (χ2n) is 2.97. The standard InChI is InChI=1S/C9H8N4O2/c1-6-5-7(9(14)15)12-13(6)8-3-2-4-10-11-8/h2-5H,1H3,(H,14,15). The van der Waals surface area contributed by atoms with Crippen molar-refractivity contribution < 1.29 is 9.90 Å². The van der Waals surface area contributed by atoms with Crippen LogP contribution in [0.2, 0.25) is 0 Å². The smallest absolute Gasteiger partial charge is 0.356 e. The minimum Gasteiger partial charge on any atom is -0.476 e. The van der Waals surface area contributed by atoms with Crippen LogP contribution in [0.3, 0.4) is 0 Å². The molecular weight excluding hydrogens is 196 g/mol. The summed E-state index contributed by atoms with van der Waals surface area (Å²) in [5, 5.41) is 20.2. The number of aryl methyl sites for hydroxylation is 1. The van der Waals surface area contributed by atoms with Gasteiger partial charge in [-0.3, -0.25) is 0 Å². The van der Waals surface area contributed by atoms with Crippen molar-refractivity contribution in [2.45, 2.75) is 6.92 Å². The predicted octanol–water partition coefficient (Wildman–Crippen LogP) is 0.669. The van der Waals surface area contributed by atoms with Gasteiger partial charge in [0.15, 0.2) is 11.5 Å². The fraction of sp³-hybridized carbons (Fsp3) is 0.111. The van der Waals surface area contributed by atoms with E-state index in [1.165, 1.54) is 10.7 Å². The summed E-state index contributed by atoms with van der Waals surface area (Å²) in [6, 6.07) is 4.90. The highest BCUT2D eigenvalue weighted by molar-refractivity contribution is 5.85. The number of rotatable bonds is 2. The highest BCUT2D eigenvalue weighted by Crippen LogP contribution is 2.08. The van der Waals surface area contributed by atoms with Crippen molar-refractivity contribution in [3.05, 3.63) is 35.8 Å². The maximum atomic E-state index is 10.7. The van der Waals surface area contributed by atoms with E-state index in [2.05, 4.69) is 15.3 Å². The normalized spacial score (nSPS) is 10.2. The Balaban J connectivity index is 2.50. The van der Waals surface area contributed by atoms with Gasteiger partial charge in [-0.25, -0.2) is 9.48 Å². The molecule has 0 saturated carbocycles. The van der Waals surface area contributed by atoms with Gasteiger partial charge in [0.25, 0.3) is 0 Å². The number of carboxylic acids is 1. The first-order valence-corrected chi connectivity index (χ1v) is 4.26. The average molecular weight is 204 g/mol. The molecular formula is C9H8N4O2. The lowest BCUT2D eigenvalue weighted by Crippen LogP contribution is -2.04. The van der Waals surface area contributed by atoms with Gasteiger partial charge in [-0.05, 0) is 25.1 Å². The third-order valence-corrected chi connectivity index (χ3v) is 1.88. The summed E-state index contributed by atoms with van der Waals surface area (Å²) < 4.78 is 1.44. The summed E-state index contributed by atoms with van der Waals surface area (Å²) >= 11 is 0. The number of nitrogens with zero attached hydrogens (tertiary/aromatic N) is 4. The van der Waals surface area contributed by atoms with Crippen LogP contribution in [-0.4, -0.2) is 31.1 Å². The van der Waals surface area contributed by atoms with E-state index in [0.29, 0.717) is 11.5 Å². The van der Waals surface area contributed by atoms with Gasteiger partial charge in [0.2, 0.25) is 0 Å². The summed E-state index contributed by atoms with van der Waals surface area (Å²) in [4.78, 5) is 10.7. The number of carbonyl (C=O) groups is 1. The molecule has 15 heavy (non-hydrogen) atoms. The third kappa shape index (κ3) is 1.69. The zero-order valence-electron chi connectivity index (χ0n) is 7.95. The molecule has 2 aromatic rings. The van der Waals surface area contributed by atoms with Crippen LogP contribution >= 0.6 is 0 Å². The molecule has 0 spiro atoms. The number of aromatic carboxylic acids is 1. The van der Waals surface area contributed by atoms with Gasteiger partial charge in [0.05, 0.1) is 0 Å². The molecule has 0 aliphatic rings. The zero-order chi connectivity index (χ0) is 10.8. The quantitative estimate of drug-likeness (QED) is 0.777. The molecule has 0 radical (unpaired) electrons. The first-order valence-electron chi connectivity index (χ1n) is 4.26. The number of aromatic nitrogens is 4. The summed E-state index contributed by atoms with van der Waals surface area (Å²) in [6.45, 7) is 1.76. The summed E-state index contributed by atoms with van der Waals surface area (Å²) in [5.74, 6) is -0.553. The second kappa shape index (κ2) is 3.49. The molecule has 1 N–H and O–H groups in total. The van der Waals surface area contributed by atoms with Crippen LogP contribution in [-0.2, 0) is 0 Å². The van der Waals surface area contributed by atoms with Crippen molar-refractivity contribution in [2.24, 2.45) is 0 Å². The molecule has 2 aromatic heterocycles. The zero-order valence-corrected chi connectivity index (χ0v) is 7.95. The van der Waals surface area contributed by atoms with Gasteiger partial charge < -0.3 is 5.11 Å². The van der Waals surface area contributed by atoms with Crippen molar-refractivity contribution >= 4 is 5.97 Å². The van der Waals surface area contributed by atoms with Crippen LogP contribution in [0.25, 0.3) is 5.82 Å². The molecule has 0 aliphatic heterocycles. The Morgan fingerprint density at radius 1 is 1.53 bits per heavy atom. The summed E-state index contributed by atoms with van der Waals surface area (Å²) in [6.07, 6.45) is 1.54. The van der Waals surface area contributed by atoms with Gasteiger partial charge >= 0.3 is 5.97 Å². The Kier molecular flexibility index (Phi) is 2.17.